The van der Waals surface area contributed by atoms with Gasteiger partial charge in [-0.2, -0.15) is 0 Å². The molecule has 5 heteroatoms. The summed E-state index contributed by atoms with van der Waals surface area (Å²) in [7, 11) is 0. The summed E-state index contributed by atoms with van der Waals surface area (Å²) in [4.78, 5) is 24.8. The molecule has 0 aliphatic heterocycles. The van der Waals surface area contributed by atoms with Crippen LogP contribution in [0.25, 0.3) is 0 Å². The molecule has 120 valence electrons. The van der Waals surface area contributed by atoms with E-state index in [0.717, 1.165) is 31.3 Å². The van der Waals surface area contributed by atoms with E-state index in [0.29, 0.717) is 18.9 Å². The summed E-state index contributed by atoms with van der Waals surface area (Å²) in [6.45, 7) is 4.51. The summed E-state index contributed by atoms with van der Waals surface area (Å²) in [6, 6.07) is 0.0687. The number of carboxylic acids is 1. The first-order chi connectivity index (χ1) is 10.0. The van der Waals surface area contributed by atoms with E-state index in [-0.39, 0.29) is 12.5 Å². The van der Waals surface area contributed by atoms with Crippen LogP contribution in [0.4, 0.5) is 4.79 Å². The van der Waals surface area contributed by atoms with E-state index in [2.05, 4.69) is 5.32 Å². The molecule has 0 radical (unpaired) electrons. The van der Waals surface area contributed by atoms with Gasteiger partial charge in [-0.25, -0.2) is 4.79 Å². The summed E-state index contributed by atoms with van der Waals surface area (Å²) in [5.41, 5.74) is 0. The first-order valence-corrected chi connectivity index (χ1v) is 8.29. The molecule has 0 spiro atoms. The molecule has 1 unspecified atom stereocenters. The molecule has 2 N–H and O–H groups in total. The van der Waals surface area contributed by atoms with Crippen molar-refractivity contribution in [1.82, 2.24) is 10.2 Å². The van der Waals surface area contributed by atoms with Gasteiger partial charge in [0.15, 0.2) is 0 Å². The summed E-state index contributed by atoms with van der Waals surface area (Å²) in [5.74, 6) is 1.04. The van der Waals surface area contributed by atoms with Crippen LogP contribution in [0.2, 0.25) is 0 Å². The fraction of sp³-hybridized carbons (Fsp3) is 0.875. The highest BCUT2D eigenvalue weighted by Gasteiger charge is 2.31. The second kappa shape index (κ2) is 7.66. The van der Waals surface area contributed by atoms with Crippen molar-refractivity contribution in [2.45, 2.75) is 51.9 Å². The Bertz CT molecular complexity index is 351. The quantitative estimate of drug-likeness (QED) is 0.651. The minimum Gasteiger partial charge on any atom is -0.481 e. The third kappa shape index (κ3) is 6.82. The monoisotopic (exact) mass is 296 g/mol. The van der Waals surface area contributed by atoms with Gasteiger partial charge in [-0.3, -0.25) is 4.79 Å². The zero-order valence-electron chi connectivity index (χ0n) is 13.0. The van der Waals surface area contributed by atoms with Gasteiger partial charge in [-0.15, -0.1) is 0 Å². The van der Waals surface area contributed by atoms with Crippen LogP contribution < -0.4 is 5.32 Å². The van der Waals surface area contributed by atoms with Crippen molar-refractivity contribution in [2.75, 3.05) is 19.6 Å². The molecule has 0 aromatic rings. The number of carboxylic acid groups (broad SMARTS) is 1. The molecule has 2 fully saturated rings. The van der Waals surface area contributed by atoms with Crippen molar-refractivity contribution >= 4 is 12.0 Å². The van der Waals surface area contributed by atoms with Gasteiger partial charge in [-0.05, 0) is 56.3 Å². The van der Waals surface area contributed by atoms with E-state index in [4.69, 9.17) is 5.11 Å². The molecule has 0 aromatic carbocycles. The molecule has 2 rings (SSSR count). The third-order valence-electron chi connectivity index (χ3n) is 4.40. The van der Waals surface area contributed by atoms with E-state index in [1.54, 1.807) is 0 Å². The maximum atomic E-state index is 12.2. The SMILES string of the molecule is CC(CCNC(=O)N(CC1CC1)CC1CC1)CCC(=O)O. The molecule has 2 aliphatic rings. The van der Waals surface area contributed by atoms with Crippen LogP contribution >= 0.6 is 0 Å². The van der Waals surface area contributed by atoms with Gasteiger partial charge < -0.3 is 15.3 Å². The number of hydrogen-bond acceptors (Lipinski definition) is 2. The molecule has 0 saturated heterocycles. The highest BCUT2D eigenvalue weighted by atomic mass is 16.4. The summed E-state index contributed by atoms with van der Waals surface area (Å²) in [6.07, 6.45) is 6.80. The number of amides is 2. The van der Waals surface area contributed by atoms with Crippen molar-refractivity contribution in [3.8, 4) is 0 Å². The molecule has 2 aliphatic carbocycles. The van der Waals surface area contributed by atoms with Gasteiger partial charge in [0.25, 0.3) is 0 Å². The Morgan fingerprint density at radius 1 is 1.14 bits per heavy atom. The Morgan fingerprint density at radius 3 is 2.19 bits per heavy atom. The molecule has 0 heterocycles. The lowest BCUT2D eigenvalue weighted by Crippen LogP contribution is -2.42. The Morgan fingerprint density at radius 2 is 1.71 bits per heavy atom. The maximum absolute atomic E-state index is 12.2. The smallest absolute Gasteiger partial charge is 0.317 e. The fourth-order valence-electron chi connectivity index (χ4n) is 2.52. The molecular weight excluding hydrogens is 268 g/mol. The Hall–Kier alpha value is -1.26. The lowest BCUT2D eigenvalue weighted by molar-refractivity contribution is -0.137. The lowest BCUT2D eigenvalue weighted by Gasteiger charge is -2.23. The highest BCUT2D eigenvalue weighted by Crippen LogP contribution is 2.33. The van der Waals surface area contributed by atoms with Crippen LogP contribution in [0.15, 0.2) is 0 Å². The van der Waals surface area contributed by atoms with Crippen molar-refractivity contribution in [3.05, 3.63) is 0 Å². The predicted molar refractivity (Wildman–Crippen MR) is 81.1 cm³/mol. The molecule has 5 nitrogen and oxygen atoms in total. The average molecular weight is 296 g/mol. The van der Waals surface area contributed by atoms with Crippen molar-refractivity contribution in [2.24, 2.45) is 17.8 Å². The molecule has 2 amide bonds. The molecule has 0 bridgehead atoms. The Kier molecular flexibility index (Phi) is 5.88. The third-order valence-corrected chi connectivity index (χ3v) is 4.40. The van der Waals surface area contributed by atoms with E-state index >= 15 is 0 Å². The van der Waals surface area contributed by atoms with Crippen LogP contribution in [-0.2, 0) is 4.79 Å². The normalized spacial score (nSPS) is 19.1. The lowest BCUT2D eigenvalue weighted by atomic mass is 10.0. The van der Waals surface area contributed by atoms with Gasteiger partial charge in [0, 0.05) is 26.1 Å². The number of rotatable bonds is 10. The second-order valence-electron chi connectivity index (χ2n) is 6.85. The second-order valence-corrected chi connectivity index (χ2v) is 6.85. The highest BCUT2D eigenvalue weighted by molar-refractivity contribution is 5.74. The van der Waals surface area contributed by atoms with Crippen LogP contribution in [-0.4, -0.2) is 41.6 Å². The largest absolute Gasteiger partial charge is 0.481 e. The van der Waals surface area contributed by atoms with Crippen LogP contribution in [0.1, 0.15) is 51.9 Å². The van der Waals surface area contributed by atoms with Gasteiger partial charge in [0.05, 0.1) is 0 Å². The molecule has 2 saturated carbocycles. The number of nitrogens with zero attached hydrogens (tertiary/aromatic N) is 1. The topological polar surface area (TPSA) is 69.6 Å². The minimum atomic E-state index is -0.745. The minimum absolute atomic E-state index is 0.0687. The maximum Gasteiger partial charge on any atom is 0.317 e. The number of nitrogens with one attached hydrogen (secondary N) is 1. The van der Waals surface area contributed by atoms with E-state index in [1.807, 2.05) is 11.8 Å². The van der Waals surface area contributed by atoms with Crippen molar-refractivity contribution < 1.29 is 14.7 Å². The van der Waals surface area contributed by atoms with Crippen LogP contribution in [0.5, 0.6) is 0 Å². The molecular formula is C16H28N2O3. The van der Waals surface area contributed by atoms with Crippen molar-refractivity contribution in [3.63, 3.8) is 0 Å². The van der Waals surface area contributed by atoms with Gasteiger partial charge >= 0.3 is 12.0 Å². The Labute approximate surface area is 127 Å². The summed E-state index contributed by atoms with van der Waals surface area (Å²) < 4.78 is 0. The van der Waals surface area contributed by atoms with E-state index in [9.17, 15) is 9.59 Å². The number of hydrogen-bond donors (Lipinski definition) is 2. The summed E-state index contributed by atoms with van der Waals surface area (Å²) >= 11 is 0. The van der Waals surface area contributed by atoms with E-state index < -0.39 is 5.97 Å². The summed E-state index contributed by atoms with van der Waals surface area (Å²) in [5, 5.41) is 11.7. The van der Waals surface area contributed by atoms with Crippen LogP contribution in [0, 0.1) is 17.8 Å². The van der Waals surface area contributed by atoms with Gasteiger partial charge in [0.1, 0.15) is 0 Å². The number of carbonyl (C=O) groups excluding carboxylic acids is 1. The fourth-order valence-corrected chi connectivity index (χ4v) is 2.52. The van der Waals surface area contributed by atoms with Crippen LogP contribution in [0.3, 0.4) is 0 Å². The van der Waals surface area contributed by atoms with Gasteiger partial charge in [-0.1, -0.05) is 6.92 Å². The predicted octanol–water partition coefficient (Wildman–Crippen LogP) is 2.71. The Balaban J connectivity index is 1.62. The molecule has 21 heavy (non-hydrogen) atoms. The zero-order valence-corrected chi connectivity index (χ0v) is 13.0. The standard InChI is InChI=1S/C16H28N2O3/c1-12(2-7-15(19)20)8-9-17-16(21)18(10-13-3-4-13)11-14-5-6-14/h12-14H,2-11H2,1H3,(H,17,21)(H,19,20). The number of carbonyl (C=O) groups is 2. The first-order valence-electron chi connectivity index (χ1n) is 8.29. The van der Waals surface area contributed by atoms with E-state index in [1.165, 1.54) is 25.7 Å². The van der Waals surface area contributed by atoms with Crippen molar-refractivity contribution in [1.29, 1.82) is 0 Å². The van der Waals surface area contributed by atoms with Gasteiger partial charge in [0.2, 0.25) is 0 Å². The molecule has 1 atom stereocenters. The number of urea groups is 1. The average Bonchev–Trinajstić information content (AvgIpc) is 3.30. The molecule has 0 aromatic heterocycles. The first kappa shape index (κ1) is 16.1. The zero-order chi connectivity index (χ0) is 15.2. The number of aliphatic carboxylic acids is 1.